The molecule has 2 fully saturated rings. The summed E-state index contributed by atoms with van der Waals surface area (Å²) in [6.45, 7) is 4.79. The van der Waals surface area contributed by atoms with Crippen molar-refractivity contribution in [3.63, 3.8) is 0 Å². The largest absolute Gasteiger partial charge is 0.310 e. The van der Waals surface area contributed by atoms with E-state index in [1.165, 1.54) is 44.3 Å². The van der Waals surface area contributed by atoms with Crippen molar-refractivity contribution in [1.29, 1.82) is 0 Å². The molecule has 20 heavy (non-hydrogen) atoms. The first-order valence-corrected chi connectivity index (χ1v) is 7.97. The molecule has 2 aliphatic heterocycles. The highest BCUT2D eigenvalue weighted by atomic mass is 19.1. The Bertz CT molecular complexity index is 431. The summed E-state index contributed by atoms with van der Waals surface area (Å²) >= 11 is 0. The number of benzene rings is 1. The van der Waals surface area contributed by atoms with Gasteiger partial charge in [-0.25, -0.2) is 4.39 Å². The second-order valence-corrected chi connectivity index (χ2v) is 6.39. The molecule has 2 heterocycles. The third kappa shape index (κ3) is 3.21. The van der Waals surface area contributed by atoms with Crippen LogP contribution in [0.5, 0.6) is 0 Å². The average molecular weight is 276 g/mol. The maximum Gasteiger partial charge on any atom is 0.123 e. The first kappa shape index (κ1) is 14.0. The van der Waals surface area contributed by atoms with Gasteiger partial charge >= 0.3 is 0 Å². The average Bonchev–Trinajstić information content (AvgIpc) is 2.85. The normalized spacial score (nSPS) is 28.3. The monoisotopic (exact) mass is 276 g/mol. The lowest BCUT2D eigenvalue weighted by Crippen LogP contribution is -2.48. The van der Waals surface area contributed by atoms with Crippen molar-refractivity contribution >= 4 is 0 Å². The van der Waals surface area contributed by atoms with Gasteiger partial charge in [-0.05, 0) is 56.8 Å². The molecule has 3 heteroatoms. The number of halogens is 1. The molecule has 0 spiro atoms. The smallest absolute Gasteiger partial charge is 0.123 e. The van der Waals surface area contributed by atoms with E-state index in [9.17, 15) is 4.39 Å². The molecule has 0 aliphatic carbocycles. The summed E-state index contributed by atoms with van der Waals surface area (Å²) in [5.74, 6) is -0.150. The zero-order valence-electron chi connectivity index (χ0n) is 12.3. The van der Waals surface area contributed by atoms with E-state index < -0.39 is 0 Å². The van der Waals surface area contributed by atoms with Gasteiger partial charge in [0.2, 0.25) is 0 Å². The van der Waals surface area contributed by atoms with Gasteiger partial charge in [-0.3, -0.25) is 4.90 Å². The van der Waals surface area contributed by atoms with Crippen LogP contribution in [0.15, 0.2) is 24.3 Å². The van der Waals surface area contributed by atoms with Crippen LogP contribution in [-0.2, 0) is 6.42 Å². The van der Waals surface area contributed by atoms with E-state index in [4.69, 9.17) is 0 Å². The van der Waals surface area contributed by atoms with E-state index in [1.54, 1.807) is 12.1 Å². The second kappa shape index (κ2) is 6.23. The zero-order valence-corrected chi connectivity index (χ0v) is 12.3. The summed E-state index contributed by atoms with van der Waals surface area (Å²) in [5.41, 5.74) is 1.21. The van der Waals surface area contributed by atoms with Crippen LogP contribution in [0, 0.1) is 5.82 Å². The molecular formula is C17H25FN2. The highest BCUT2D eigenvalue weighted by Gasteiger charge is 2.35. The number of nitrogens with zero attached hydrogens (tertiary/aromatic N) is 1. The highest BCUT2D eigenvalue weighted by molar-refractivity contribution is 5.17. The fraction of sp³-hybridized carbons (Fsp3) is 0.647. The van der Waals surface area contributed by atoms with Crippen molar-refractivity contribution in [2.24, 2.45) is 0 Å². The Morgan fingerprint density at radius 2 is 2.00 bits per heavy atom. The van der Waals surface area contributed by atoms with E-state index in [0.29, 0.717) is 12.1 Å². The van der Waals surface area contributed by atoms with Gasteiger partial charge in [-0.1, -0.05) is 18.6 Å². The van der Waals surface area contributed by atoms with Gasteiger partial charge in [-0.15, -0.1) is 0 Å². The highest BCUT2D eigenvalue weighted by Crippen LogP contribution is 2.27. The van der Waals surface area contributed by atoms with Gasteiger partial charge in [0.25, 0.3) is 0 Å². The predicted molar refractivity (Wildman–Crippen MR) is 80.3 cm³/mol. The summed E-state index contributed by atoms with van der Waals surface area (Å²) in [6.07, 6.45) is 6.35. The first-order valence-electron chi connectivity index (χ1n) is 7.97. The lowest BCUT2D eigenvalue weighted by atomic mass is 9.97. The van der Waals surface area contributed by atoms with Crippen LogP contribution in [0.3, 0.4) is 0 Å². The molecule has 1 aromatic carbocycles. The molecule has 3 atom stereocenters. The SMILES string of the molecule is CC(Cc1ccc(F)cc1)NC1CCN2CCCCC12. The standard InChI is InChI=1S/C17H25FN2/c1-13(12-14-5-7-15(18)8-6-14)19-16-9-11-20-10-3-2-4-17(16)20/h5-8,13,16-17,19H,2-4,9-12H2,1H3. The third-order valence-corrected chi connectivity index (χ3v) is 4.81. The van der Waals surface area contributed by atoms with Gasteiger partial charge in [-0.2, -0.15) is 0 Å². The fourth-order valence-electron chi connectivity index (χ4n) is 3.84. The third-order valence-electron chi connectivity index (χ3n) is 4.81. The molecule has 0 radical (unpaired) electrons. The van der Waals surface area contributed by atoms with Gasteiger partial charge in [0.15, 0.2) is 0 Å². The van der Waals surface area contributed by atoms with E-state index in [2.05, 4.69) is 17.1 Å². The van der Waals surface area contributed by atoms with Crippen molar-refractivity contribution in [3.8, 4) is 0 Å². The maximum absolute atomic E-state index is 12.9. The lowest BCUT2D eigenvalue weighted by molar-refractivity contribution is 0.177. The minimum atomic E-state index is -0.150. The van der Waals surface area contributed by atoms with Crippen LogP contribution in [0.4, 0.5) is 4.39 Å². The van der Waals surface area contributed by atoms with Crippen LogP contribution in [0.2, 0.25) is 0 Å². The van der Waals surface area contributed by atoms with E-state index >= 15 is 0 Å². The van der Waals surface area contributed by atoms with Crippen molar-refractivity contribution in [3.05, 3.63) is 35.6 Å². The molecule has 1 N–H and O–H groups in total. The molecule has 3 rings (SSSR count). The summed E-state index contributed by atoms with van der Waals surface area (Å²) in [4.78, 5) is 2.66. The number of piperidine rings is 1. The summed E-state index contributed by atoms with van der Waals surface area (Å²) < 4.78 is 12.9. The molecule has 0 amide bonds. The van der Waals surface area contributed by atoms with Crippen LogP contribution < -0.4 is 5.32 Å². The predicted octanol–water partition coefficient (Wildman–Crippen LogP) is 2.97. The van der Waals surface area contributed by atoms with E-state index in [1.807, 2.05) is 12.1 Å². The molecule has 0 bridgehead atoms. The quantitative estimate of drug-likeness (QED) is 0.909. The van der Waals surface area contributed by atoms with Crippen LogP contribution >= 0.6 is 0 Å². The van der Waals surface area contributed by atoms with Crippen LogP contribution in [0.25, 0.3) is 0 Å². The molecule has 2 aliphatic rings. The van der Waals surface area contributed by atoms with Crippen LogP contribution in [0.1, 0.15) is 38.2 Å². The Morgan fingerprint density at radius 1 is 1.20 bits per heavy atom. The Hall–Kier alpha value is -0.930. The van der Waals surface area contributed by atoms with Crippen molar-refractivity contribution in [2.45, 2.75) is 57.2 Å². The van der Waals surface area contributed by atoms with E-state index in [0.717, 1.165) is 12.5 Å². The van der Waals surface area contributed by atoms with Crippen molar-refractivity contribution in [1.82, 2.24) is 10.2 Å². The number of nitrogens with one attached hydrogen (secondary N) is 1. The topological polar surface area (TPSA) is 15.3 Å². The summed E-state index contributed by atoms with van der Waals surface area (Å²) in [7, 11) is 0. The fourth-order valence-corrected chi connectivity index (χ4v) is 3.84. The summed E-state index contributed by atoms with van der Waals surface area (Å²) in [5, 5.41) is 3.81. The molecule has 110 valence electrons. The molecule has 2 saturated heterocycles. The number of rotatable bonds is 4. The van der Waals surface area contributed by atoms with Crippen molar-refractivity contribution in [2.75, 3.05) is 13.1 Å². The zero-order chi connectivity index (χ0) is 13.9. The Morgan fingerprint density at radius 3 is 2.80 bits per heavy atom. The number of hydrogen-bond acceptors (Lipinski definition) is 2. The number of fused-ring (bicyclic) bond motifs is 1. The molecule has 0 saturated carbocycles. The van der Waals surface area contributed by atoms with E-state index in [-0.39, 0.29) is 5.82 Å². The van der Waals surface area contributed by atoms with Crippen molar-refractivity contribution < 1.29 is 4.39 Å². The molecule has 1 aromatic rings. The molecule has 3 unspecified atom stereocenters. The minimum Gasteiger partial charge on any atom is -0.310 e. The first-order chi connectivity index (χ1) is 9.72. The second-order valence-electron chi connectivity index (χ2n) is 6.39. The molecular weight excluding hydrogens is 251 g/mol. The van der Waals surface area contributed by atoms with Crippen LogP contribution in [-0.4, -0.2) is 36.1 Å². The van der Waals surface area contributed by atoms with Gasteiger partial charge in [0.1, 0.15) is 5.82 Å². The van der Waals surface area contributed by atoms with Gasteiger partial charge < -0.3 is 5.32 Å². The lowest BCUT2D eigenvalue weighted by Gasteiger charge is -2.33. The molecule has 0 aromatic heterocycles. The maximum atomic E-state index is 12.9. The Labute approximate surface area is 121 Å². The summed E-state index contributed by atoms with van der Waals surface area (Å²) in [6, 6.07) is 8.75. The Balaban J connectivity index is 1.53. The van der Waals surface area contributed by atoms with Gasteiger partial charge in [0, 0.05) is 24.7 Å². The Kier molecular flexibility index (Phi) is 4.37. The molecule has 2 nitrogen and oxygen atoms in total. The van der Waals surface area contributed by atoms with Gasteiger partial charge in [0.05, 0.1) is 0 Å². The number of hydrogen-bond donors (Lipinski definition) is 1. The minimum absolute atomic E-state index is 0.150.